The first-order valence-corrected chi connectivity index (χ1v) is 7.85. The molecule has 1 aromatic heterocycles. The molecule has 0 saturated carbocycles. The number of likely N-dealkylation sites (tertiary alicyclic amines) is 2. The number of alkyl halides is 1. The Hall–Kier alpha value is -1.56. The molecular weight excluding hydrogens is 285 g/mol. The van der Waals surface area contributed by atoms with Gasteiger partial charge in [0.2, 0.25) is 0 Å². The number of halogens is 1. The summed E-state index contributed by atoms with van der Waals surface area (Å²) in [6.45, 7) is 3.28. The summed E-state index contributed by atoms with van der Waals surface area (Å²) in [6, 6.07) is 3.80. The van der Waals surface area contributed by atoms with Gasteiger partial charge in [0.15, 0.2) is 0 Å². The van der Waals surface area contributed by atoms with E-state index in [0.717, 1.165) is 18.7 Å². The molecule has 2 atom stereocenters. The molecule has 2 aliphatic rings. The van der Waals surface area contributed by atoms with Crippen LogP contribution in [0.3, 0.4) is 0 Å². The molecule has 2 aliphatic heterocycles. The lowest BCUT2D eigenvalue weighted by Gasteiger charge is -2.43. The Morgan fingerprint density at radius 1 is 1.45 bits per heavy atom. The van der Waals surface area contributed by atoms with Crippen molar-refractivity contribution >= 4 is 6.03 Å². The molecule has 0 bridgehead atoms. The SMILES string of the molecule is CN(C)C(=O)N1CCC(F)C2(CCN(Cc3ccco3)C2)C1. The zero-order chi connectivity index (χ0) is 15.7. The first-order chi connectivity index (χ1) is 10.5. The summed E-state index contributed by atoms with van der Waals surface area (Å²) in [4.78, 5) is 17.8. The maximum absolute atomic E-state index is 14.6. The van der Waals surface area contributed by atoms with E-state index in [0.29, 0.717) is 32.6 Å². The molecule has 122 valence electrons. The van der Waals surface area contributed by atoms with E-state index in [2.05, 4.69) is 4.90 Å². The molecule has 2 unspecified atom stereocenters. The van der Waals surface area contributed by atoms with Crippen LogP contribution in [0.2, 0.25) is 0 Å². The predicted molar refractivity (Wildman–Crippen MR) is 81.2 cm³/mol. The van der Waals surface area contributed by atoms with E-state index in [1.165, 1.54) is 0 Å². The minimum atomic E-state index is -0.833. The lowest BCUT2D eigenvalue weighted by molar-refractivity contribution is 0.0197. The normalized spacial score (nSPS) is 29.2. The van der Waals surface area contributed by atoms with Gasteiger partial charge in [-0.2, -0.15) is 0 Å². The van der Waals surface area contributed by atoms with Crippen LogP contribution in [0.4, 0.5) is 9.18 Å². The summed E-state index contributed by atoms with van der Waals surface area (Å²) >= 11 is 0. The second-order valence-corrected chi connectivity index (χ2v) is 6.76. The Balaban J connectivity index is 1.67. The van der Waals surface area contributed by atoms with Crippen LogP contribution in [0.5, 0.6) is 0 Å². The Labute approximate surface area is 130 Å². The molecule has 22 heavy (non-hydrogen) atoms. The lowest BCUT2D eigenvalue weighted by Crippen LogP contribution is -2.55. The van der Waals surface area contributed by atoms with Gasteiger partial charge in [-0.3, -0.25) is 4.90 Å². The van der Waals surface area contributed by atoms with Crippen molar-refractivity contribution in [1.82, 2.24) is 14.7 Å². The van der Waals surface area contributed by atoms with Crippen molar-refractivity contribution in [3.8, 4) is 0 Å². The average molecular weight is 309 g/mol. The molecule has 2 fully saturated rings. The van der Waals surface area contributed by atoms with Crippen LogP contribution in [-0.4, -0.2) is 67.2 Å². The molecule has 2 saturated heterocycles. The van der Waals surface area contributed by atoms with Crippen molar-refractivity contribution in [3.05, 3.63) is 24.2 Å². The van der Waals surface area contributed by atoms with Gasteiger partial charge in [0, 0.05) is 39.1 Å². The molecule has 1 aromatic rings. The Kier molecular flexibility index (Phi) is 4.12. The van der Waals surface area contributed by atoms with Gasteiger partial charge in [0.05, 0.1) is 12.8 Å². The van der Waals surface area contributed by atoms with Crippen LogP contribution in [0.25, 0.3) is 0 Å². The second kappa shape index (κ2) is 5.91. The number of furan rings is 1. The van der Waals surface area contributed by atoms with Crippen LogP contribution in [0, 0.1) is 5.41 Å². The number of hydrogen-bond acceptors (Lipinski definition) is 3. The smallest absolute Gasteiger partial charge is 0.319 e. The zero-order valence-corrected chi connectivity index (χ0v) is 13.3. The molecule has 0 aliphatic carbocycles. The number of urea groups is 1. The zero-order valence-electron chi connectivity index (χ0n) is 13.3. The average Bonchev–Trinajstić information content (AvgIpc) is 3.13. The van der Waals surface area contributed by atoms with Gasteiger partial charge in [-0.1, -0.05) is 0 Å². The summed E-state index contributed by atoms with van der Waals surface area (Å²) in [5, 5.41) is 0. The molecule has 6 heteroatoms. The van der Waals surface area contributed by atoms with Gasteiger partial charge in [-0.15, -0.1) is 0 Å². The molecule has 5 nitrogen and oxygen atoms in total. The van der Waals surface area contributed by atoms with E-state index in [-0.39, 0.29) is 6.03 Å². The third-order valence-electron chi connectivity index (χ3n) is 4.90. The minimum absolute atomic E-state index is 0.0178. The van der Waals surface area contributed by atoms with Crippen molar-refractivity contribution < 1.29 is 13.6 Å². The van der Waals surface area contributed by atoms with E-state index >= 15 is 0 Å². The fourth-order valence-electron chi connectivity index (χ4n) is 3.71. The molecule has 3 heterocycles. The van der Waals surface area contributed by atoms with Gasteiger partial charge in [-0.05, 0) is 31.5 Å². The summed E-state index contributed by atoms with van der Waals surface area (Å²) in [5.74, 6) is 0.907. The van der Waals surface area contributed by atoms with Crippen LogP contribution >= 0.6 is 0 Å². The Morgan fingerprint density at radius 2 is 2.27 bits per heavy atom. The monoisotopic (exact) mass is 309 g/mol. The number of piperidine rings is 1. The first-order valence-electron chi connectivity index (χ1n) is 7.85. The molecular formula is C16H24FN3O2. The highest BCUT2D eigenvalue weighted by atomic mass is 19.1. The molecule has 3 rings (SSSR count). The third kappa shape index (κ3) is 2.84. The molecule has 0 N–H and O–H groups in total. The number of nitrogens with zero attached hydrogens (tertiary/aromatic N) is 3. The highest BCUT2D eigenvalue weighted by molar-refractivity contribution is 5.74. The van der Waals surface area contributed by atoms with Crippen molar-refractivity contribution in [1.29, 1.82) is 0 Å². The van der Waals surface area contributed by atoms with Gasteiger partial charge in [-0.25, -0.2) is 9.18 Å². The topological polar surface area (TPSA) is 39.9 Å². The van der Waals surface area contributed by atoms with Crippen molar-refractivity contribution in [2.24, 2.45) is 5.41 Å². The summed E-state index contributed by atoms with van der Waals surface area (Å²) in [6.07, 6.45) is 2.07. The molecule has 1 spiro atoms. The van der Waals surface area contributed by atoms with Crippen molar-refractivity contribution in [2.45, 2.75) is 25.6 Å². The quantitative estimate of drug-likeness (QED) is 0.841. The second-order valence-electron chi connectivity index (χ2n) is 6.76. The van der Waals surface area contributed by atoms with Gasteiger partial charge in [0.25, 0.3) is 0 Å². The first kappa shape index (κ1) is 15.3. The summed E-state index contributed by atoms with van der Waals surface area (Å²) in [7, 11) is 3.49. The van der Waals surface area contributed by atoms with E-state index in [4.69, 9.17) is 4.42 Å². The Morgan fingerprint density at radius 3 is 2.95 bits per heavy atom. The van der Waals surface area contributed by atoms with E-state index in [9.17, 15) is 9.18 Å². The van der Waals surface area contributed by atoms with Crippen molar-refractivity contribution in [3.63, 3.8) is 0 Å². The van der Waals surface area contributed by atoms with Crippen LogP contribution in [0.1, 0.15) is 18.6 Å². The predicted octanol–water partition coefficient (Wildman–Crippen LogP) is 2.20. The van der Waals surface area contributed by atoms with E-state index in [1.807, 2.05) is 12.1 Å². The van der Waals surface area contributed by atoms with Crippen LogP contribution in [0.15, 0.2) is 22.8 Å². The maximum Gasteiger partial charge on any atom is 0.319 e. The number of rotatable bonds is 2. The van der Waals surface area contributed by atoms with Gasteiger partial charge >= 0.3 is 6.03 Å². The molecule has 0 aromatic carbocycles. The standard InChI is InChI=1S/C16H24FN3O2/c1-18(2)15(21)20-7-5-14(17)16(12-20)6-8-19(11-16)10-13-4-3-9-22-13/h3-4,9,14H,5-8,10-12H2,1-2H3. The fraction of sp³-hybridized carbons (Fsp3) is 0.688. The summed E-state index contributed by atoms with van der Waals surface area (Å²) < 4.78 is 20.0. The highest BCUT2D eigenvalue weighted by Crippen LogP contribution is 2.41. The van der Waals surface area contributed by atoms with Crippen molar-refractivity contribution in [2.75, 3.05) is 40.3 Å². The lowest BCUT2D eigenvalue weighted by atomic mass is 9.77. The van der Waals surface area contributed by atoms with Gasteiger partial charge in [0.1, 0.15) is 11.9 Å². The summed E-state index contributed by atoms with van der Waals surface area (Å²) in [5.41, 5.74) is -0.420. The molecule has 0 radical (unpaired) electrons. The Bertz CT molecular complexity index is 519. The maximum atomic E-state index is 14.6. The highest BCUT2D eigenvalue weighted by Gasteiger charge is 2.49. The van der Waals surface area contributed by atoms with E-state index < -0.39 is 11.6 Å². The van der Waals surface area contributed by atoms with Gasteiger partial charge < -0.3 is 14.2 Å². The number of hydrogen-bond donors (Lipinski definition) is 0. The fourth-order valence-corrected chi connectivity index (χ4v) is 3.71. The number of carbonyl (C=O) groups is 1. The third-order valence-corrected chi connectivity index (χ3v) is 4.90. The van der Waals surface area contributed by atoms with Crippen LogP contribution < -0.4 is 0 Å². The van der Waals surface area contributed by atoms with Crippen LogP contribution in [-0.2, 0) is 6.54 Å². The van der Waals surface area contributed by atoms with E-state index in [1.54, 1.807) is 30.2 Å². The number of amides is 2. The molecule has 2 amide bonds. The largest absolute Gasteiger partial charge is 0.468 e. The minimum Gasteiger partial charge on any atom is -0.468 e. The number of carbonyl (C=O) groups excluding carboxylic acids is 1.